The first-order valence-electron chi connectivity index (χ1n) is 9.06. The molecule has 0 spiro atoms. The van der Waals surface area contributed by atoms with Crippen molar-refractivity contribution in [2.75, 3.05) is 11.9 Å². The van der Waals surface area contributed by atoms with Gasteiger partial charge in [0, 0.05) is 5.69 Å². The van der Waals surface area contributed by atoms with Crippen molar-refractivity contribution in [2.45, 2.75) is 40.0 Å². The third-order valence-corrected chi connectivity index (χ3v) is 4.08. The van der Waals surface area contributed by atoms with Crippen LogP contribution >= 0.6 is 0 Å². The molecule has 1 aromatic carbocycles. The van der Waals surface area contributed by atoms with Crippen LogP contribution in [0.5, 0.6) is 0 Å². The number of halogens is 3. The van der Waals surface area contributed by atoms with Crippen molar-refractivity contribution in [1.82, 2.24) is 10.3 Å². The average molecular weight is 425 g/mol. The quantitative estimate of drug-likeness (QED) is 0.614. The van der Waals surface area contributed by atoms with Crippen LogP contribution in [0.2, 0.25) is 0 Å². The Kier molecular flexibility index (Phi) is 6.91. The number of hydrogen-bond donors (Lipinski definition) is 3. The molecule has 0 bridgehead atoms. The SMILES string of the molecule is Cc1[nH]c(C(=O)Nc2ccccc2C(=O)NCC(F)(F)F)c(C)c1C(=O)OC(C)C. The topological polar surface area (TPSA) is 100 Å². The third kappa shape index (κ3) is 5.62. The fourth-order valence-corrected chi connectivity index (χ4v) is 2.81. The van der Waals surface area contributed by atoms with Crippen LogP contribution in [-0.4, -0.2) is 41.6 Å². The van der Waals surface area contributed by atoms with E-state index in [9.17, 15) is 27.6 Å². The molecule has 1 heterocycles. The summed E-state index contributed by atoms with van der Waals surface area (Å²) in [4.78, 5) is 39.9. The molecular formula is C20H22F3N3O4. The number of H-pyrrole nitrogens is 1. The van der Waals surface area contributed by atoms with Crippen LogP contribution in [0.3, 0.4) is 0 Å². The number of hydrogen-bond acceptors (Lipinski definition) is 4. The second kappa shape index (κ2) is 9.02. The van der Waals surface area contributed by atoms with E-state index < -0.39 is 30.5 Å². The van der Waals surface area contributed by atoms with Crippen LogP contribution in [-0.2, 0) is 4.74 Å². The number of anilines is 1. The lowest BCUT2D eigenvalue weighted by atomic mass is 10.1. The Morgan fingerprint density at radius 1 is 1.10 bits per heavy atom. The van der Waals surface area contributed by atoms with Gasteiger partial charge >= 0.3 is 12.1 Å². The Morgan fingerprint density at radius 3 is 2.33 bits per heavy atom. The van der Waals surface area contributed by atoms with Gasteiger partial charge in [-0.1, -0.05) is 12.1 Å². The number of amides is 2. The van der Waals surface area contributed by atoms with Gasteiger partial charge in [-0.3, -0.25) is 9.59 Å². The molecule has 2 amide bonds. The van der Waals surface area contributed by atoms with Gasteiger partial charge in [0.1, 0.15) is 12.2 Å². The first-order valence-corrected chi connectivity index (χ1v) is 9.06. The largest absolute Gasteiger partial charge is 0.459 e. The van der Waals surface area contributed by atoms with E-state index in [-0.39, 0.29) is 28.6 Å². The Hall–Kier alpha value is -3.30. The summed E-state index contributed by atoms with van der Waals surface area (Å²) in [6, 6.07) is 5.66. The molecule has 10 heteroatoms. The lowest BCUT2D eigenvalue weighted by molar-refractivity contribution is -0.123. The molecule has 0 aliphatic heterocycles. The van der Waals surface area contributed by atoms with Gasteiger partial charge in [0.2, 0.25) is 0 Å². The van der Waals surface area contributed by atoms with E-state index in [0.29, 0.717) is 11.3 Å². The van der Waals surface area contributed by atoms with Crippen molar-refractivity contribution >= 4 is 23.5 Å². The number of para-hydroxylation sites is 1. The van der Waals surface area contributed by atoms with E-state index in [1.807, 2.05) is 0 Å². The number of aryl methyl sites for hydroxylation is 1. The first kappa shape index (κ1) is 23.0. The minimum absolute atomic E-state index is 0.0279. The third-order valence-electron chi connectivity index (χ3n) is 4.08. The summed E-state index contributed by atoms with van der Waals surface area (Å²) in [6.45, 7) is 5.08. The molecule has 162 valence electrons. The summed E-state index contributed by atoms with van der Waals surface area (Å²) in [6.07, 6.45) is -4.90. The molecule has 3 N–H and O–H groups in total. The van der Waals surface area contributed by atoms with Gasteiger partial charge in [0.15, 0.2) is 0 Å². The van der Waals surface area contributed by atoms with E-state index >= 15 is 0 Å². The number of alkyl halides is 3. The van der Waals surface area contributed by atoms with E-state index in [1.54, 1.807) is 33.0 Å². The van der Waals surface area contributed by atoms with Crippen LogP contribution in [0, 0.1) is 13.8 Å². The molecule has 30 heavy (non-hydrogen) atoms. The maximum absolute atomic E-state index is 12.7. The summed E-state index contributed by atoms with van der Waals surface area (Å²) in [5, 5.41) is 4.27. The van der Waals surface area contributed by atoms with Gasteiger partial charge in [0.05, 0.1) is 22.9 Å². The number of nitrogens with one attached hydrogen (secondary N) is 3. The van der Waals surface area contributed by atoms with Crippen LogP contribution in [0.25, 0.3) is 0 Å². The lowest BCUT2D eigenvalue weighted by Gasteiger charge is -2.12. The molecule has 0 fully saturated rings. The fourth-order valence-electron chi connectivity index (χ4n) is 2.81. The molecule has 0 aliphatic carbocycles. The molecule has 7 nitrogen and oxygen atoms in total. The Balaban J connectivity index is 2.25. The van der Waals surface area contributed by atoms with Gasteiger partial charge in [-0.2, -0.15) is 13.2 Å². The number of ether oxygens (including phenoxy) is 1. The highest BCUT2D eigenvalue weighted by molar-refractivity contribution is 6.10. The fraction of sp³-hybridized carbons (Fsp3) is 0.350. The normalized spacial score (nSPS) is 11.3. The second-order valence-corrected chi connectivity index (χ2v) is 6.88. The molecule has 2 rings (SSSR count). The van der Waals surface area contributed by atoms with Crippen LogP contribution < -0.4 is 10.6 Å². The van der Waals surface area contributed by atoms with Gasteiger partial charge in [0.25, 0.3) is 11.8 Å². The molecule has 1 aromatic heterocycles. The standard InChI is InChI=1S/C20H22F3N3O4/c1-10(2)30-19(29)15-11(3)16(25-12(15)4)18(28)26-14-8-6-5-7-13(14)17(27)24-9-20(21,22)23/h5-8,10,25H,9H2,1-4H3,(H,24,27)(H,26,28). The van der Waals surface area contributed by atoms with Crippen molar-refractivity contribution in [1.29, 1.82) is 0 Å². The summed E-state index contributed by atoms with van der Waals surface area (Å²) >= 11 is 0. The predicted molar refractivity (Wildman–Crippen MR) is 104 cm³/mol. The van der Waals surface area contributed by atoms with Crippen molar-refractivity contribution in [3.05, 3.63) is 52.3 Å². The smallest absolute Gasteiger partial charge is 0.405 e. The molecule has 0 aliphatic rings. The predicted octanol–water partition coefficient (Wildman–Crippen LogP) is 3.74. The van der Waals surface area contributed by atoms with E-state index in [4.69, 9.17) is 4.74 Å². The summed E-state index contributed by atoms with van der Waals surface area (Å²) < 4.78 is 42.3. The minimum Gasteiger partial charge on any atom is -0.459 e. The molecule has 2 aromatic rings. The number of carbonyl (C=O) groups excluding carboxylic acids is 3. The van der Waals surface area contributed by atoms with Gasteiger partial charge in [-0.05, 0) is 45.4 Å². The second-order valence-electron chi connectivity index (χ2n) is 6.88. The number of aromatic amines is 1. The highest BCUT2D eigenvalue weighted by atomic mass is 19.4. The maximum atomic E-state index is 12.7. The van der Waals surface area contributed by atoms with Crippen molar-refractivity contribution in [3.63, 3.8) is 0 Å². The van der Waals surface area contributed by atoms with Gasteiger partial charge < -0.3 is 20.4 Å². The number of esters is 1. The Bertz CT molecular complexity index is 965. The van der Waals surface area contributed by atoms with Gasteiger partial charge in [-0.25, -0.2) is 4.79 Å². The number of aromatic nitrogens is 1. The van der Waals surface area contributed by atoms with E-state index in [2.05, 4.69) is 10.3 Å². The first-order chi connectivity index (χ1) is 13.9. The monoisotopic (exact) mass is 425 g/mol. The summed E-state index contributed by atoms with van der Waals surface area (Å²) in [7, 11) is 0. The highest BCUT2D eigenvalue weighted by Crippen LogP contribution is 2.22. The van der Waals surface area contributed by atoms with E-state index in [1.165, 1.54) is 24.3 Å². The Morgan fingerprint density at radius 2 is 1.73 bits per heavy atom. The zero-order chi connectivity index (χ0) is 22.6. The maximum Gasteiger partial charge on any atom is 0.405 e. The van der Waals surface area contributed by atoms with Crippen LogP contribution in [0.15, 0.2) is 24.3 Å². The average Bonchev–Trinajstić information content (AvgIpc) is 2.93. The molecule has 0 radical (unpaired) electrons. The van der Waals surface area contributed by atoms with Crippen LogP contribution in [0.1, 0.15) is 56.3 Å². The molecule has 0 saturated heterocycles. The molecule has 0 saturated carbocycles. The zero-order valence-corrected chi connectivity index (χ0v) is 16.9. The zero-order valence-electron chi connectivity index (χ0n) is 16.9. The number of benzene rings is 1. The Labute approximate surface area is 171 Å². The molecular weight excluding hydrogens is 403 g/mol. The van der Waals surface area contributed by atoms with Gasteiger partial charge in [-0.15, -0.1) is 0 Å². The van der Waals surface area contributed by atoms with Crippen molar-refractivity contribution in [3.8, 4) is 0 Å². The van der Waals surface area contributed by atoms with E-state index in [0.717, 1.165) is 0 Å². The number of carbonyl (C=O) groups is 3. The van der Waals surface area contributed by atoms with Crippen molar-refractivity contribution < 1.29 is 32.3 Å². The number of rotatable bonds is 6. The summed E-state index contributed by atoms with van der Waals surface area (Å²) in [5.74, 6) is -2.22. The molecule has 0 unspecified atom stereocenters. The highest BCUT2D eigenvalue weighted by Gasteiger charge is 2.29. The molecule has 0 atom stereocenters. The lowest BCUT2D eigenvalue weighted by Crippen LogP contribution is -2.34. The van der Waals surface area contributed by atoms with Crippen molar-refractivity contribution in [2.24, 2.45) is 0 Å². The summed E-state index contributed by atoms with van der Waals surface area (Å²) in [5.41, 5.74) is 0.989. The minimum atomic E-state index is -4.56. The van der Waals surface area contributed by atoms with Crippen LogP contribution in [0.4, 0.5) is 18.9 Å².